The van der Waals surface area contributed by atoms with E-state index >= 15 is 0 Å². The third kappa shape index (κ3) is 2.27. The molecule has 0 spiro atoms. The zero-order chi connectivity index (χ0) is 12.4. The molecule has 0 aliphatic heterocycles. The van der Waals surface area contributed by atoms with Gasteiger partial charge in [0.1, 0.15) is 5.82 Å². The number of rotatable bonds is 4. The summed E-state index contributed by atoms with van der Waals surface area (Å²) in [5.74, 6) is -0.164. The van der Waals surface area contributed by atoms with Crippen LogP contribution in [0.15, 0.2) is 24.4 Å². The van der Waals surface area contributed by atoms with Crippen LogP contribution in [-0.4, -0.2) is 17.6 Å². The standard InChI is InChI=1S/C15H19FN2/c16-14-7-3-6-13-11(10-18-15(13)14)8-9-17-12-4-1-2-5-12/h3,6-7,10,12,17-18H,1-2,4-5,8-9H2. The zero-order valence-corrected chi connectivity index (χ0v) is 10.5. The third-order valence-electron chi connectivity index (χ3n) is 3.93. The van der Waals surface area contributed by atoms with Gasteiger partial charge in [0.05, 0.1) is 5.52 Å². The Balaban J connectivity index is 1.65. The molecule has 18 heavy (non-hydrogen) atoms. The van der Waals surface area contributed by atoms with E-state index in [1.54, 1.807) is 6.07 Å². The maximum Gasteiger partial charge on any atom is 0.147 e. The monoisotopic (exact) mass is 246 g/mol. The van der Waals surface area contributed by atoms with Crippen LogP contribution in [0.25, 0.3) is 10.9 Å². The number of benzene rings is 1. The quantitative estimate of drug-likeness (QED) is 0.850. The van der Waals surface area contributed by atoms with E-state index in [0.29, 0.717) is 11.6 Å². The molecule has 1 aromatic carbocycles. The SMILES string of the molecule is Fc1cccc2c(CCNC3CCCC3)c[nH]c12. The summed E-state index contributed by atoms with van der Waals surface area (Å²) in [6.07, 6.45) is 8.22. The number of fused-ring (bicyclic) bond motifs is 1. The van der Waals surface area contributed by atoms with Gasteiger partial charge < -0.3 is 10.3 Å². The van der Waals surface area contributed by atoms with E-state index in [0.717, 1.165) is 18.4 Å². The first-order valence-electron chi connectivity index (χ1n) is 6.82. The molecule has 0 bridgehead atoms. The number of aromatic nitrogens is 1. The number of hydrogen-bond acceptors (Lipinski definition) is 1. The maximum absolute atomic E-state index is 13.5. The Morgan fingerprint density at radius 3 is 2.94 bits per heavy atom. The van der Waals surface area contributed by atoms with Gasteiger partial charge in [0, 0.05) is 17.6 Å². The van der Waals surface area contributed by atoms with Gasteiger partial charge in [-0.2, -0.15) is 0 Å². The van der Waals surface area contributed by atoms with Crippen LogP contribution in [0, 0.1) is 5.82 Å². The average molecular weight is 246 g/mol. The van der Waals surface area contributed by atoms with E-state index in [1.165, 1.54) is 37.3 Å². The summed E-state index contributed by atoms with van der Waals surface area (Å²) in [5, 5.41) is 4.61. The van der Waals surface area contributed by atoms with Gasteiger partial charge in [-0.3, -0.25) is 0 Å². The number of aromatic amines is 1. The molecule has 3 rings (SSSR count). The Morgan fingerprint density at radius 1 is 1.28 bits per heavy atom. The minimum absolute atomic E-state index is 0.164. The van der Waals surface area contributed by atoms with Crippen molar-refractivity contribution in [3.8, 4) is 0 Å². The summed E-state index contributed by atoms with van der Waals surface area (Å²) in [5.41, 5.74) is 1.84. The van der Waals surface area contributed by atoms with Gasteiger partial charge in [-0.15, -0.1) is 0 Å². The number of H-pyrrole nitrogens is 1. The van der Waals surface area contributed by atoms with Crippen molar-refractivity contribution >= 4 is 10.9 Å². The fourth-order valence-electron chi connectivity index (χ4n) is 2.92. The molecular weight excluding hydrogens is 227 g/mol. The number of nitrogens with one attached hydrogen (secondary N) is 2. The van der Waals surface area contributed by atoms with Crippen LogP contribution in [0.2, 0.25) is 0 Å². The number of halogens is 1. The first-order valence-corrected chi connectivity index (χ1v) is 6.82. The molecule has 1 aliphatic carbocycles. The van der Waals surface area contributed by atoms with Gasteiger partial charge in [-0.25, -0.2) is 4.39 Å². The minimum atomic E-state index is -0.164. The van der Waals surface area contributed by atoms with Crippen molar-refractivity contribution in [2.75, 3.05) is 6.54 Å². The molecule has 3 heteroatoms. The van der Waals surface area contributed by atoms with Crippen molar-refractivity contribution in [2.45, 2.75) is 38.1 Å². The Bertz CT molecular complexity index is 526. The molecule has 0 atom stereocenters. The normalized spacial score (nSPS) is 16.7. The molecule has 1 heterocycles. The van der Waals surface area contributed by atoms with Crippen LogP contribution >= 0.6 is 0 Å². The smallest absolute Gasteiger partial charge is 0.147 e. The summed E-state index contributed by atoms with van der Waals surface area (Å²) in [6.45, 7) is 0.980. The van der Waals surface area contributed by atoms with Crippen molar-refractivity contribution < 1.29 is 4.39 Å². The second-order valence-corrected chi connectivity index (χ2v) is 5.16. The van der Waals surface area contributed by atoms with E-state index in [9.17, 15) is 4.39 Å². The number of para-hydroxylation sites is 1. The molecule has 96 valence electrons. The van der Waals surface area contributed by atoms with Crippen LogP contribution in [0.3, 0.4) is 0 Å². The predicted octanol–water partition coefficient (Wildman–Crippen LogP) is 3.38. The molecule has 0 saturated heterocycles. The molecule has 2 aromatic rings. The van der Waals surface area contributed by atoms with Crippen LogP contribution in [0.4, 0.5) is 4.39 Å². The first-order chi connectivity index (χ1) is 8.84. The van der Waals surface area contributed by atoms with Crippen molar-refractivity contribution in [2.24, 2.45) is 0 Å². The van der Waals surface area contributed by atoms with Gasteiger partial charge in [-0.05, 0) is 37.4 Å². The second-order valence-electron chi connectivity index (χ2n) is 5.16. The molecule has 2 nitrogen and oxygen atoms in total. The molecule has 2 N–H and O–H groups in total. The highest BCUT2D eigenvalue weighted by atomic mass is 19.1. The average Bonchev–Trinajstić information content (AvgIpc) is 3.00. The Kier molecular flexibility index (Phi) is 3.33. The van der Waals surface area contributed by atoms with Crippen LogP contribution in [-0.2, 0) is 6.42 Å². The van der Waals surface area contributed by atoms with E-state index in [1.807, 2.05) is 12.3 Å². The first kappa shape index (κ1) is 11.7. The number of hydrogen-bond donors (Lipinski definition) is 2. The highest BCUT2D eigenvalue weighted by molar-refractivity contribution is 5.83. The van der Waals surface area contributed by atoms with Crippen LogP contribution in [0.1, 0.15) is 31.2 Å². The van der Waals surface area contributed by atoms with Gasteiger partial charge in [-0.1, -0.05) is 25.0 Å². The molecule has 0 amide bonds. The Labute approximate surface area is 107 Å². The topological polar surface area (TPSA) is 27.8 Å². The summed E-state index contributed by atoms with van der Waals surface area (Å²) >= 11 is 0. The summed E-state index contributed by atoms with van der Waals surface area (Å²) in [4.78, 5) is 3.03. The fraction of sp³-hybridized carbons (Fsp3) is 0.467. The third-order valence-corrected chi connectivity index (χ3v) is 3.93. The van der Waals surface area contributed by atoms with E-state index in [2.05, 4.69) is 10.3 Å². The molecule has 0 radical (unpaired) electrons. The van der Waals surface area contributed by atoms with E-state index in [4.69, 9.17) is 0 Å². The largest absolute Gasteiger partial charge is 0.359 e. The van der Waals surface area contributed by atoms with Crippen LogP contribution < -0.4 is 5.32 Å². The molecular formula is C15H19FN2. The van der Waals surface area contributed by atoms with Gasteiger partial charge in [0.15, 0.2) is 0 Å². The van der Waals surface area contributed by atoms with Crippen molar-refractivity contribution in [1.29, 1.82) is 0 Å². The highest BCUT2D eigenvalue weighted by Crippen LogP contribution is 2.21. The predicted molar refractivity (Wildman–Crippen MR) is 72.2 cm³/mol. The lowest BCUT2D eigenvalue weighted by molar-refractivity contribution is 0.528. The maximum atomic E-state index is 13.5. The minimum Gasteiger partial charge on any atom is -0.359 e. The lowest BCUT2D eigenvalue weighted by atomic mass is 10.1. The summed E-state index contributed by atoms with van der Waals surface area (Å²) in [6, 6.07) is 5.96. The van der Waals surface area contributed by atoms with Gasteiger partial charge >= 0.3 is 0 Å². The van der Waals surface area contributed by atoms with Gasteiger partial charge in [0.2, 0.25) is 0 Å². The lowest BCUT2D eigenvalue weighted by Gasteiger charge is -2.10. The van der Waals surface area contributed by atoms with E-state index in [-0.39, 0.29) is 5.82 Å². The molecule has 0 unspecified atom stereocenters. The molecule has 1 fully saturated rings. The van der Waals surface area contributed by atoms with Crippen LogP contribution in [0.5, 0.6) is 0 Å². The zero-order valence-electron chi connectivity index (χ0n) is 10.5. The lowest BCUT2D eigenvalue weighted by Crippen LogP contribution is -2.27. The Hall–Kier alpha value is -1.35. The molecule has 1 aliphatic rings. The molecule has 1 saturated carbocycles. The van der Waals surface area contributed by atoms with Crippen molar-refractivity contribution in [3.63, 3.8) is 0 Å². The summed E-state index contributed by atoms with van der Waals surface area (Å²) < 4.78 is 13.5. The highest BCUT2D eigenvalue weighted by Gasteiger charge is 2.14. The Morgan fingerprint density at radius 2 is 2.11 bits per heavy atom. The molecule has 1 aromatic heterocycles. The summed E-state index contributed by atoms with van der Waals surface area (Å²) in [7, 11) is 0. The van der Waals surface area contributed by atoms with Crippen molar-refractivity contribution in [3.05, 3.63) is 35.8 Å². The van der Waals surface area contributed by atoms with E-state index < -0.39 is 0 Å². The van der Waals surface area contributed by atoms with Crippen molar-refractivity contribution in [1.82, 2.24) is 10.3 Å². The fourth-order valence-corrected chi connectivity index (χ4v) is 2.92. The second kappa shape index (κ2) is 5.11. The van der Waals surface area contributed by atoms with Gasteiger partial charge in [0.25, 0.3) is 0 Å².